The maximum absolute atomic E-state index is 6.65. The van der Waals surface area contributed by atoms with Crippen LogP contribution < -0.4 is 4.74 Å². The number of ether oxygens (including phenoxy) is 1. The van der Waals surface area contributed by atoms with Crippen molar-refractivity contribution in [2.75, 3.05) is 0 Å². The van der Waals surface area contributed by atoms with E-state index in [0.717, 1.165) is 61.4 Å². The molecule has 0 spiro atoms. The van der Waals surface area contributed by atoms with E-state index in [9.17, 15) is 0 Å². The van der Waals surface area contributed by atoms with Gasteiger partial charge in [0.2, 0.25) is 0 Å². The minimum atomic E-state index is -0.123. The van der Waals surface area contributed by atoms with Crippen LogP contribution >= 0.6 is 0 Å². The van der Waals surface area contributed by atoms with Crippen molar-refractivity contribution < 1.29 is 25.8 Å². The summed E-state index contributed by atoms with van der Waals surface area (Å²) in [7, 11) is 0. The molecule has 3 heterocycles. The number of fused-ring (bicyclic) bond motifs is 3. The van der Waals surface area contributed by atoms with Crippen molar-refractivity contribution >= 4 is 21.8 Å². The first kappa shape index (κ1) is 34.4. The standard InChI is InChI=1S/C43H42N4O.Pt/c1-27-15-18-38-37(21-27)36-17-16-34(26-39(36)46(38)40-24-31(19-20-44-40)42(4,5)6)48-35-23-32(43(7,8)9)22-33(25-35)47-29(3)41(28(2)45-47)30-13-11-10-12-14-30;/h10-24H,1-9H3;/q-2;+2. The Morgan fingerprint density at radius 1 is 0.694 bits per heavy atom. The number of benzene rings is 4. The summed E-state index contributed by atoms with van der Waals surface area (Å²) in [5.74, 6) is 2.09. The number of nitrogens with zero attached hydrogens (tertiary/aromatic N) is 4. The van der Waals surface area contributed by atoms with Gasteiger partial charge in [-0.1, -0.05) is 95.1 Å². The molecule has 5 nitrogen and oxygen atoms in total. The summed E-state index contributed by atoms with van der Waals surface area (Å²) in [6, 6.07) is 36.8. The first-order chi connectivity index (χ1) is 22.8. The van der Waals surface area contributed by atoms with Crippen LogP contribution in [0.25, 0.3) is 44.4 Å². The third-order valence-electron chi connectivity index (χ3n) is 9.14. The summed E-state index contributed by atoms with van der Waals surface area (Å²) in [6.07, 6.45) is 1.90. The zero-order valence-corrected chi connectivity index (χ0v) is 31.9. The summed E-state index contributed by atoms with van der Waals surface area (Å²) in [5, 5.41) is 7.25. The number of hydrogen-bond acceptors (Lipinski definition) is 3. The SMILES string of the molecule is Cc1ccc2c(c1)c1ccc(Oc3[c-]c(-n4nc(C)c(-c5ccccc5)c4C)cc(C(C)(C)C)c3)[c-]c1n2-c1cc(C(C)(C)C)ccn1.[Pt+2]. The Balaban J connectivity index is 0.00000417. The number of rotatable bonds is 5. The second kappa shape index (κ2) is 12.8. The number of aryl methyl sites for hydroxylation is 2. The molecule has 7 rings (SSSR count). The Kier molecular flexibility index (Phi) is 8.96. The molecule has 7 aromatic rings. The molecule has 0 aliphatic carbocycles. The van der Waals surface area contributed by atoms with Crippen LogP contribution in [0.4, 0.5) is 0 Å². The smallest absolute Gasteiger partial charge is 0.509 e. The molecule has 0 radical (unpaired) electrons. The molecule has 250 valence electrons. The van der Waals surface area contributed by atoms with E-state index in [4.69, 9.17) is 14.8 Å². The first-order valence-corrected chi connectivity index (χ1v) is 16.6. The van der Waals surface area contributed by atoms with Gasteiger partial charge in [0, 0.05) is 34.5 Å². The van der Waals surface area contributed by atoms with Crippen LogP contribution in [0, 0.1) is 32.9 Å². The van der Waals surface area contributed by atoms with Gasteiger partial charge in [-0.3, -0.25) is 4.68 Å². The van der Waals surface area contributed by atoms with Crippen LogP contribution in [-0.4, -0.2) is 19.3 Å². The van der Waals surface area contributed by atoms with Crippen LogP contribution in [0.2, 0.25) is 0 Å². The summed E-state index contributed by atoms with van der Waals surface area (Å²) in [5.41, 5.74) is 10.6. The van der Waals surface area contributed by atoms with E-state index >= 15 is 0 Å². The first-order valence-electron chi connectivity index (χ1n) is 16.6. The fourth-order valence-corrected chi connectivity index (χ4v) is 6.49. The minimum absolute atomic E-state index is 0. The Labute approximate surface area is 304 Å². The number of aromatic nitrogens is 4. The second-order valence-electron chi connectivity index (χ2n) is 14.9. The van der Waals surface area contributed by atoms with Gasteiger partial charge >= 0.3 is 21.1 Å². The monoisotopic (exact) mass is 825 g/mol. The Morgan fingerprint density at radius 3 is 2.14 bits per heavy atom. The van der Waals surface area contributed by atoms with Crippen molar-refractivity contribution in [2.24, 2.45) is 0 Å². The molecule has 0 aliphatic rings. The van der Waals surface area contributed by atoms with Gasteiger partial charge in [-0.05, 0) is 72.0 Å². The average molecular weight is 826 g/mol. The number of hydrogen-bond donors (Lipinski definition) is 0. The molecule has 49 heavy (non-hydrogen) atoms. The van der Waals surface area contributed by atoms with Crippen molar-refractivity contribution in [3.8, 4) is 34.1 Å². The predicted octanol–water partition coefficient (Wildman–Crippen LogP) is 10.9. The molecule has 0 unspecified atom stereocenters. The van der Waals surface area contributed by atoms with Crippen LogP contribution in [0.1, 0.15) is 69.6 Å². The van der Waals surface area contributed by atoms with E-state index in [0.29, 0.717) is 11.5 Å². The Bertz CT molecular complexity index is 2320. The van der Waals surface area contributed by atoms with Gasteiger partial charge < -0.3 is 9.30 Å². The van der Waals surface area contributed by atoms with Crippen molar-refractivity contribution in [3.05, 3.63) is 131 Å². The van der Waals surface area contributed by atoms with Crippen molar-refractivity contribution in [2.45, 2.75) is 73.1 Å². The van der Waals surface area contributed by atoms with Gasteiger partial charge in [-0.2, -0.15) is 11.2 Å². The normalized spacial score (nSPS) is 12.0. The molecular weight excluding hydrogens is 784 g/mol. The molecule has 3 aromatic heterocycles. The molecule has 0 saturated carbocycles. The fraction of sp³-hybridized carbons (Fsp3) is 0.256. The van der Waals surface area contributed by atoms with Crippen molar-refractivity contribution in [3.63, 3.8) is 0 Å². The summed E-state index contributed by atoms with van der Waals surface area (Å²) in [6.45, 7) is 19.6. The molecule has 0 atom stereocenters. The van der Waals surface area contributed by atoms with Gasteiger partial charge in [0.25, 0.3) is 0 Å². The van der Waals surface area contributed by atoms with Gasteiger partial charge in [0.15, 0.2) is 0 Å². The molecule has 4 aromatic carbocycles. The third-order valence-corrected chi connectivity index (χ3v) is 9.14. The van der Waals surface area contributed by atoms with Crippen molar-refractivity contribution in [1.29, 1.82) is 0 Å². The van der Waals surface area contributed by atoms with E-state index < -0.39 is 0 Å². The molecule has 0 aliphatic heterocycles. The largest absolute Gasteiger partial charge is 2.00 e. The quantitative estimate of drug-likeness (QED) is 0.162. The topological polar surface area (TPSA) is 44.9 Å². The molecular formula is C43H42N4OPt. The van der Waals surface area contributed by atoms with Crippen LogP contribution in [0.5, 0.6) is 11.5 Å². The summed E-state index contributed by atoms with van der Waals surface area (Å²) in [4.78, 5) is 4.84. The van der Waals surface area contributed by atoms with E-state index in [1.165, 1.54) is 11.1 Å². The maximum Gasteiger partial charge on any atom is 2.00 e. The Hall–Kier alpha value is -4.47. The van der Waals surface area contributed by atoms with Crippen LogP contribution in [0.15, 0.2) is 91.1 Å². The fourth-order valence-electron chi connectivity index (χ4n) is 6.49. The summed E-state index contributed by atoms with van der Waals surface area (Å²) < 4.78 is 10.8. The van der Waals surface area contributed by atoms with E-state index in [1.807, 2.05) is 23.0 Å². The van der Waals surface area contributed by atoms with Crippen molar-refractivity contribution in [1.82, 2.24) is 19.3 Å². The van der Waals surface area contributed by atoms with E-state index in [2.05, 4.69) is 152 Å². The number of pyridine rings is 1. The van der Waals surface area contributed by atoms with Gasteiger partial charge in [-0.15, -0.1) is 41.3 Å². The zero-order chi connectivity index (χ0) is 34.0. The zero-order valence-electron chi connectivity index (χ0n) is 29.7. The average Bonchev–Trinajstić information content (AvgIpc) is 3.52. The third kappa shape index (κ3) is 6.49. The molecule has 0 fully saturated rings. The molecule has 6 heteroatoms. The second-order valence-corrected chi connectivity index (χ2v) is 14.9. The molecule has 0 amide bonds. The van der Waals surface area contributed by atoms with Gasteiger partial charge in [0.1, 0.15) is 5.82 Å². The van der Waals surface area contributed by atoms with Crippen LogP contribution in [-0.2, 0) is 31.9 Å². The minimum Gasteiger partial charge on any atom is -0.509 e. The predicted molar refractivity (Wildman–Crippen MR) is 197 cm³/mol. The van der Waals surface area contributed by atoms with E-state index in [1.54, 1.807) is 0 Å². The molecule has 0 saturated heterocycles. The van der Waals surface area contributed by atoms with Crippen LogP contribution in [0.3, 0.4) is 0 Å². The Morgan fingerprint density at radius 2 is 1.43 bits per heavy atom. The van der Waals surface area contributed by atoms with E-state index in [-0.39, 0.29) is 31.9 Å². The maximum atomic E-state index is 6.65. The van der Waals surface area contributed by atoms with Gasteiger partial charge in [-0.25, -0.2) is 4.98 Å². The summed E-state index contributed by atoms with van der Waals surface area (Å²) >= 11 is 0. The van der Waals surface area contributed by atoms with Gasteiger partial charge in [0.05, 0.1) is 5.69 Å². The molecule has 0 bridgehead atoms. The molecule has 0 N–H and O–H groups in total.